The van der Waals surface area contributed by atoms with Gasteiger partial charge in [-0.25, -0.2) is 0 Å². The van der Waals surface area contributed by atoms with Gasteiger partial charge in [0.2, 0.25) is 0 Å². The van der Waals surface area contributed by atoms with Gasteiger partial charge in [0.05, 0.1) is 25.4 Å². The maximum absolute atomic E-state index is 5.85. The van der Waals surface area contributed by atoms with Gasteiger partial charge in [-0.3, -0.25) is 0 Å². The Hall–Kier alpha value is -1.30. The Balaban J connectivity index is 1.94. The number of rotatable bonds is 3. The smallest absolute Gasteiger partial charge is 0.186 e. The molecule has 0 bridgehead atoms. The summed E-state index contributed by atoms with van der Waals surface area (Å²) in [5.41, 5.74) is 3.47. The van der Waals surface area contributed by atoms with Crippen LogP contribution in [0.4, 0.5) is 11.4 Å². The molecule has 0 saturated carbocycles. The van der Waals surface area contributed by atoms with Crippen molar-refractivity contribution in [3.8, 4) is 0 Å². The van der Waals surface area contributed by atoms with E-state index in [9.17, 15) is 0 Å². The first kappa shape index (κ1) is 15.6. The van der Waals surface area contributed by atoms with Crippen LogP contribution in [0, 0.1) is 0 Å². The molecule has 0 spiro atoms. The summed E-state index contributed by atoms with van der Waals surface area (Å²) >= 11 is 0. The molecule has 1 aromatic carbocycles. The monoisotopic (exact) mass is 306 g/mol. The van der Waals surface area contributed by atoms with Gasteiger partial charge in [0.25, 0.3) is 0 Å². The fourth-order valence-electron chi connectivity index (χ4n) is 3.21. The van der Waals surface area contributed by atoms with Crippen LogP contribution in [0.1, 0.15) is 25.7 Å². The van der Waals surface area contributed by atoms with E-state index >= 15 is 0 Å². The maximum Gasteiger partial charge on any atom is 0.186 e. The molecular formula is C17H26N2O3. The van der Waals surface area contributed by atoms with Gasteiger partial charge in [-0.05, 0) is 32.0 Å². The lowest BCUT2D eigenvalue weighted by Gasteiger charge is -2.38. The molecule has 22 heavy (non-hydrogen) atoms. The Bertz CT molecular complexity index is 505. The van der Waals surface area contributed by atoms with E-state index in [1.54, 1.807) is 0 Å². The highest BCUT2D eigenvalue weighted by molar-refractivity contribution is 5.62. The zero-order chi connectivity index (χ0) is 15.7. The van der Waals surface area contributed by atoms with Crippen molar-refractivity contribution >= 4 is 11.4 Å². The Labute approximate surface area is 132 Å². The largest absolute Gasteiger partial charge is 0.378 e. The van der Waals surface area contributed by atoms with Crippen LogP contribution >= 0.6 is 0 Å². The second kappa shape index (κ2) is 6.44. The van der Waals surface area contributed by atoms with Crippen LogP contribution in [-0.4, -0.2) is 52.6 Å². The Morgan fingerprint density at radius 1 is 1.05 bits per heavy atom. The number of anilines is 2. The van der Waals surface area contributed by atoms with Crippen LogP contribution in [0.15, 0.2) is 18.2 Å². The summed E-state index contributed by atoms with van der Waals surface area (Å²) in [4.78, 5) is 4.49. The minimum absolute atomic E-state index is 0.232. The average Bonchev–Trinajstić information content (AvgIpc) is 2.99. The lowest BCUT2D eigenvalue weighted by molar-refractivity contribution is -0.0443. The number of hydrogen-bond donors (Lipinski definition) is 0. The van der Waals surface area contributed by atoms with Crippen LogP contribution < -0.4 is 9.80 Å². The molecule has 2 fully saturated rings. The summed E-state index contributed by atoms with van der Waals surface area (Å²) in [6, 6.07) is 6.51. The first-order chi connectivity index (χ1) is 10.5. The molecule has 2 aliphatic heterocycles. The van der Waals surface area contributed by atoms with E-state index in [2.05, 4.69) is 41.8 Å². The van der Waals surface area contributed by atoms with Gasteiger partial charge in [-0.2, -0.15) is 0 Å². The highest BCUT2D eigenvalue weighted by Crippen LogP contribution is 2.35. The Morgan fingerprint density at radius 3 is 2.27 bits per heavy atom. The zero-order valence-electron chi connectivity index (χ0n) is 13.9. The lowest BCUT2D eigenvalue weighted by Crippen LogP contribution is -2.46. The van der Waals surface area contributed by atoms with Crippen molar-refractivity contribution in [1.82, 2.24) is 0 Å². The van der Waals surface area contributed by atoms with Gasteiger partial charge in [-0.15, -0.1) is 0 Å². The van der Waals surface area contributed by atoms with Crippen LogP contribution in [0.3, 0.4) is 0 Å². The molecule has 2 aliphatic rings. The van der Waals surface area contributed by atoms with Crippen LogP contribution in [0.5, 0.6) is 0 Å². The first-order valence-electron chi connectivity index (χ1n) is 7.99. The van der Waals surface area contributed by atoms with Gasteiger partial charge in [0, 0.05) is 44.1 Å². The first-order valence-corrected chi connectivity index (χ1v) is 7.99. The molecule has 0 aromatic heterocycles. The molecule has 1 aromatic rings. The average molecular weight is 306 g/mol. The molecule has 122 valence electrons. The molecule has 0 amide bonds. The van der Waals surface area contributed by atoms with Crippen molar-refractivity contribution in [3.05, 3.63) is 23.8 Å². The van der Waals surface area contributed by atoms with E-state index in [4.69, 9.17) is 14.2 Å². The highest BCUT2D eigenvalue weighted by atomic mass is 16.7. The third-order valence-electron chi connectivity index (χ3n) is 4.16. The number of ether oxygens (including phenoxy) is 3. The van der Waals surface area contributed by atoms with Crippen molar-refractivity contribution in [2.75, 3.05) is 50.2 Å². The number of benzene rings is 1. The summed E-state index contributed by atoms with van der Waals surface area (Å²) < 4.78 is 17.4. The molecule has 0 unspecified atom stereocenters. The van der Waals surface area contributed by atoms with Gasteiger partial charge < -0.3 is 24.0 Å². The normalized spacial score (nSPS) is 26.5. The van der Waals surface area contributed by atoms with Crippen LogP contribution in [0.2, 0.25) is 0 Å². The van der Waals surface area contributed by atoms with E-state index in [-0.39, 0.29) is 18.5 Å². The lowest BCUT2D eigenvalue weighted by atomic mass is 10.1. The van der Waals surface area contributed by atoms with Crippen molar-refractivity contribution in [2.45, 2.75) is 32.3 Å². The van der Waals surface area contributed by atoms with Crippen LogP contribution in [0.25, 0.3) is 0 Å². The predicted octanol–water partition coefficient (Wildman–Crippen LogP) is 2.41. The SMILES string of the molecule is C[C@@H]1CN(c2ccc(N(C)C)cc2C2OCCO2)C[C@H](C)O1. The van der Waals surface area contributed by atoms with E-state index < -0.39 is 0 Å². The minimum Gasteiger partial charge on any atom is -0.378 e. The molecule has 0 N–H and O–H groups in total. The molecule has 0 aliphatic carbocycles. The summed E-state index contributed by atoms with van der Waals surface area (Å²) in [6.07, 6.45) is 0.203. The fourth-order valence-corrected chi connectivity index (χ4v) is 3.21. The molecule has 3 rings (SSSR count). The second-order valence-corrected chi connectivity index (χ2v) is 6.37. The third-order valence-corrected chi connectivity index (χ3v) is 4.16. The topological polar surface area (TPSA) is 34.2 Å². The molecule has 5 nitrogen and oxygen atoms in total. The van der Waals surface area contributed by atoms with Gasteiger partial charge in [0.15, 0.2) is 6.29 Å². The molecule has 2 heterocycles. The second-order valence-electron chi connectivity index (χ2n) is 6.37. The maximum atomic E-state index is 5.85. The summed E-state index contributed by atoms with van der Waals surface area (Å²) in [5, 5.41) is 0. The van der Waals surface area contributed by atoms with E-state index in [1.807, 2.05) is 14.1 Å². The standard InChI is InChI=1S/C17H26N2O3/c1-12-10-19(11-13(2)22-12)16-6-5-14(18(3)4)9-15(16)17-20-7-8-21-17/h5-6,9,12-13,17H,7-8,10-11H2,1-4H3/t12-,13+. The molecule has 2 saturated heterocycles. The molecular weight excluding hydrogens is 280 g/mol. The number of morpholine rings is 1. The molecule has 5 heteroatoms. The summed E-state index contributed by atoms with van der Waals surface area (Å²) in [7, 11) is 4.10. The fraction of sp³-hybridized carbons (Fsp3) is 0.647. The number of nitrogens with zero attached hydrogens (tertiary/aromatic N) is 2. The summed E-state index contributed by atoms with van der Waals surface area (Å²) in [6.45, 7) is 7.35. The van der Waals surface area contributed by atoms with Gasteiger partial charge >= 0.3 is 0 Å². The molecule has 0 radical (unpaired) electrons. The van der Waals surface area contributed by atoms with Crippen molar-refractivity contribution < 1.29 is 14.2 Å². The van der Waals surface area contributed by atoms with Gasteiger partial charge in [-0.1, -0.05) is 0 Å². The minimum atomic E-state index is -0.261. The zero-order valence-corrected chi connectivity index (χ0v) is 13.9. The predicted molar refractivity (Wildman–Crippen MR) is 87.6 cm³/mol. The summed E-state index contributed by atoms with van der Waals surface area (Å²) in [5.74, 6) is 0. The van der Waals surface area contributed by atoms with E-state index in [1.165, 1.54) is 5.69 Å². The van der Waals surface area contributed by atoms with Crippen molar-refractivity contribution in [1.29, 1.82) is 0 Å². The van der Waals surface area contributed by atoms with Crippen molar-refractivity contribution in [3.63, 3.8) is 0 Å². The third kappa shape index (κ3) is 3.21. The molecule has 2 atom stereocenters. The van der Waals surface area contributed by atoms with Crippen molar-refractivity contribution in [2.24, 2.45) is 0 Å². The Kier molecular flexibility index (Phi) is 4.57. The van der Waals surface area contributed by atoms with Crippen LogP contribution in [-0.2, 0) is 14.2 Å². The quantitative estimate of drug-likeness (QED) is 0.857. The van der Waals surface area contributed by atoms with E-state index in [0.29, 0.717) is 13.2 Å². The van der Waals surface area contributed by atoms with E-state index in [0.717, 1.165) is 24.3 Å². The highest BCUT2D eigenvalue weighted by Gasteiger charge is 2.28. The number of hydrogen-bond acceptors (Lipinski definition) is 5. The Morgan fingerprint density at radius 2 is 1.68 bits per heavy atom. The van der Waals surface area contributed by atoms with Gasteiger partial charge in [0.1, 0.15) is 0 Å².